The first-order chi connectivity index (χ1) is 28.1. The van der Waals surface area contributed by atoms with Crippen LogP contribution in [0.25, 0.3) is 0 Å². The number of carbonyl (C=O) groups is 4. The van der Waals surface area contributed by atoms with Gasteiger partial charge >= 0.3 is 17.9 Å². The van der Waals surface area contributed by atoms with Crippen molar-refractivity contribution in [3.8, 4) is 0 Å². The summed E-state index contributed by atoms with van der Waals surface area (Å²) in [6.45, 7) is 31.6. The van der Waals surface area contributed by atoms with Crippen molar-refractivity contribution in [1.82, 2.24) is 0 Å². The number of carboxylic acid groups (broad SMARTS) is 1. The highest BCUT2D eigenvalue weighted by Gasteiger charge is 2.29. The van der Waals surface area contributed by atoms with Crippen molar-refractivity contribution < 1.29 is 38.9 Å². The van der Waals surface area contributed by atoms with Gasteiger partial charge in [-0.2, -0.15) is 0 Å². The quantitative estimate of drug-likeness (QED) is 0.0813. The molecule has 346 valence electrons. The average molecular weight is 843 g/mol. The van der Waals surface area contributed by atoms with Crippen LogP contribution in [0.3, 0.4) is 0 Å². The number of esters is 2. The lowest BCUT2D eigenvalue weighted by molar-refractivity contribution is -0.143. The third-order valence-corrected chi connectivity index (χ3v) is 9.80. The molecule has 1 aliphatic rings. The smallest absolute Gasteiger partial charge is 0.346 e. The zero-order valence-electron chi connectivity index (χ0n) is 41.1. The first-order valence-corrected chi connectivity index (χ1v) is 22.9. The molecule has 0 spiro atoms. The Hall–Kier alpha value is -3.36. The Balaban J connectivity index is -0.000000668. The van der Waals surface area contributed by atoms with Crippen LogP contribution in [-0.2, 0) is 19.1 Å². The van der Waals surface area contributed by atoms with Crippen LogP contribution in [0.5, 0.6) is 0 Å². The second-order valence-electron chi connectivity index (χ2n) is 18.0. The van der Waals surface area contributed by atoms with Crippen molar-refractivity contribution >= 4 is 23.7 Å². The predicted octanol–water partition coefficient (Wildman–Crippen LogP) is 14.3. The Morgan fingerprint density at radius 1 is 0.633 bits per heavy atom. The highest BCUT2D eigenvalue weighted by atomic mass is 16.6. The maximum atomic E-state index is 11.2. The van der Waals surface area contributed by atoms with E-state index in [1.807, 2.05) is 91.8 Å². The molecule has 0 fully saturated rings. The SMILES string of the molecule is CC(=O)C(C)C.CC(C)C(O)c1ccccc1.CC(C)c1ccc2c(c1)C(=O)OC2=O.CCCCCCC(C(=O)O)C(C)C.CCCCCCCC(C)C.COCC(C)C. The van der Waals surface area contributed by atoms with Gasteiger partial charge < -0.3 is 19.7 Å². The lowest BCUT2D eigenvalue weighted by Gasteiger charge is -2.15. The van der Waals surface area contributed by atoms with Crippen molar-refractivity contribution in [3.05, 3.63) is 70.8 Å². The Labute approximate surface area is 368 Å². The Bertz CT molecular complexity index is 1380. The first kappa shape index (κ1) is 60.9. The third kappa shape index (κ3) is 32.4. The van der Waals surface area contributed by atoms with E-state index in [9.17, 15) is 24.3 Å². The lowest BCUT2D eigenvalue weighted by Crippen LogP contribution is -2.19. The number of unbranched alkanes of at least 4 members (excludes halogenated alkanes) is 7. The molecule has 8 heteroatoms. The van der Waals surface area contributed by atoms with Crippen LogP contribution in [0.1, 0.15) is 218 Å². The van der Waals surface area contributed by atoms with Gasteiger partial charge in [0.15, 0.2) is 0 Å². The summed E-state index contributed by atoms with van der Waals surface area (Å²) in [6.07, 6.45) is 13.7. The number of ketones is 1. The number of carboxylic acids is 1. The van der Waals surface area contributed by atoms with Crippen LogP contribution >= 0.6 is 0 Å². The molecule has 3 rings (SSSR count). The topological polar surface area (TPSA) is 127 Å². The summed E-state index contributed by atoms with van der Waals surface area (Å²) < 4.78 is 9.29. The molecule has 0 saturated heterocycles. The van der Waals surface area contributed by atoms with Gasteiger partial charge in [0.05, 0.1) is 23.1 Å². The Morgan fingerprint density at radius 2 is 1.12 bits per heavy atom. The Morgan fingerprint density at radius 3 is 1.50 bits per heavy atom. The van der Waals surface area contributed by atoms with Gasteiger partial charge in [0, 0.05) is 19.6 Å². The fraction of sp³-hybridized carbons (Fsp3) is 0.692. The van der Waals surface area contributed by atoms with E-state index >= 15 is 0 Å². The van der Waals surface area contributed by atoms with E-state index in [1.165, 1.54) is 57.8 Å². The minimum Gasteiger partial charge on any atom is -0.481 e. The van der Waals surface area contributed by atoms with Crippen molar-refractivity contribution in [2.45, 2.75) is 187 Å². The molecule has 60 heavy (non-hydrogen) atoms. The average Bonchev–Trinajstić information content (AvgIpc) is 3.47. The van der Waals surface area contributed by atoms with Gasteiger partial charge in [-0.25, -0.2) is 9.59 Å². The number of ether oxygens (including phenoxy) is 2. The van der Waals surface area contributed by atoms with E-state index in [0.29, 0.717) is 23.0 Å². The minimum absolute atomic E-state index is 0.142. The van der Waals surface area contributed by atoms with Crippen LogP contribution in [0.2, 0.25) is 0 Å². The molecule has 0 aromatic heterocycles. The number of methoxy groups -OCH3 is 1. The minimum atomic E-state index is -0.633. The molecular weight excluding hydrogens is 753 g/mol. The summed E-state index contributed by atoms with van der Waals surface area (Å²) in [5, 5.41) is 18.5. The molecule has 0 aliphatic carbocycles. The summed E-state index contributed by atoms with van der Waals surface area (Å²) in [4.78, 5) is 43.3. The normalized spacial score (nSPS) is 12.4. The van der Waals surface area contributed by atoms with Crippen LogP contribution in [0.15, 0.2) is 48.5 Å². The van der Waals surface area contributed by atoms with Crippen molar-refractivity contribution in [3.63, 3.8) is 0 Å². The molecule has 0 amide bonds. The summed E-state index contributed by atoms with van der Waals surface area (Å²) in [5.74, 6) is 1.09. The van der Waals surface area contributed by atoms with E-state index in [4.69, 9.17) is 9.84 Å². The predicted molar refractivity (Wildman–Crippen MR) is 252 cm³/mol. The molecule has 8 nitrogen and oxygen atoms in total. The molecule has 2 unspecified atom stereocenters. The number of aliphatic hydroxyl groups is 1. The molecule has 0 radical (unpaired) electrons. The molecule has 2 aromatic rings. The number of cyclic esters (lactones) is 2. The standard InChI is InChI=1S/C11H10O3.C11H22O2.C10H14O.C10H22.C5H12O.C5H10O/c1-6(2)7-3-4-8-9(5-7)11(13)14-10(8)12;1-4-5-6-7-8-10(9(2)3)11(12)13;1-8(2)10(11)9-6-4-3-5-7-9;1-4-5-6-7-8-9-10(2)3;1-5(2)4-6-3;1-4(2)5(3)6/h3-6H,1-2H3;9-10H,4-8H2,1-3H3,(H,12,13);3-8,10-11H,1-2H3;10H,4-9H2,1-3H3;5H,4H2,1-3H3;4H,1-3H3. The first-order valence-electron chi connectivity index (χ1n) is 22.9. The van der Waals surface area contributed by atoms with Gasteiger partial charge in [0.1, 0.15) is 5.78 Å². The van der Waals surface area contributed by atoms with Gasteiger partial charge in [0.2, 0.25) is 0 Å². The van der Waals surface area contributed by atoms with Crippen molar-refractivity contribution in [1.29, 1.82) is 0 Å². The monoisotopic (exact) mass is 843 g/mol. The molecule has 2 N–H and O–H groups in total. The summed E-state index contributed by atoms with van der Waals surface area (Å²) in [6, 6.07) is 15.0. The maximum absolute atomic E-state index is 11.2. The highest BCUT2D eigenvalue weighted by molar-refractivity contribution is 6.14. The number of fused-ring (bicyclic) bond motifs is 1. The summed E-state index contributed by atoms with van der Waals surface area (Å²) in [5.41, 5.74) is 2.80. The third-order valence-electron chi connectivity index (χ3n) is 9.80. The molecule has 1 heterocycles. The summed E-state index contributed by atoms with van der Waals surface area (Å²) in [7, 11) is 1.72. The van der Waals surface area contributed by atoms with Gasteiger partial charge in [0.25, 0.3) is 0 Å². The van der Waals surface area contributed by atoms with Crippen molar-refractivity contribution in [2.75, 3.05) is 13.7 Å². The van der Waals surface area contributed by atoms with Gasteiger partial charge in [-0.05, 0) is 66.2 Å². The number of Topliss-reactive ketones (excluding diaryl/α,β-unsaturated/α-hetero) is 1. The van der Waals surface area contributed by atoms with E-state index in [2.05, 4.69) is 46.3 Å². The largest absolute Gasteiger partial charge is 0.481 e. The molecule has 2 aromatic carbocycles. The number of rotatable bonds is 19. The zero-order chi connectivity index (χ0) is 46.8. The van der Waals surface area contributed by atoms with E-state index < -0.39 is 17.9 Å². The number of hydrogen-bond acceptors (Lipinski definition) is 7. The lowest BCUT2D eigenvalue weighted by atomic mass is 9.90. The van der Waals surface area contributed by atoms with Crippen LogP contribution in [-0.4, -0.2) is 47.6 Å². The van der Waals surface area contributed by atoms with Crippen LogP contribution in [0, 0.1) is 35.5 Å². The fourth-order valence-electron chi connectivity index (χ4n) is 5.52. The van der Waals surface area contributed by atoms with Gasteiger partial charge in [-0.15, -0.1) is 0 Å². The number of aliphatic hydroxyl groups excluding tert-OH is 1. The van der Waals surface area contributed by atoms with Gasteiger partial charge in [-0.1, -0.05) is 198 Å². The molecule has 1 aliphatic heterocycles. The number of benzene rings is 2. The van der Waals surface area contributed by atoms with Crippen molar-refractivity contribution in [2.24, 2.45) is 35.5 Å². The highest BCUT2D eigenvalue weighted by Crippen LogP contribution is 2.25. The van der Waals surface area contributed by atoms with E-state index in [0.717, 1.165) is 36.5 Å². The molecule has 0 saturated carbocycles. The summed E-state index contributed by atoms with van der Waals surface area (Å²) >= 11 is 0. The molecule has 2 atom stereocenters. The zero-order valence-corrected chi connectivity index (χ0v) is 41.1. The number of carbonyl (C=O) groups excluding carboxylic acids is 3. The Kier molecular flexibility index (Phi) is 38.0. The van der Waals surface area contributed by atoms with Gasteiger partial charge in [-0.3, -0.25) is 9.59 Å². The maximum Gasteiger partial charge on any atom is 0.346 e. The molecular formula is C52H90O8. The fourth-order valence-corrected chi connectivity index (χ4v) is 5.52. The second-order valence-corrected chi connectivity index (χ2v) is 18.0. The number of hydrogen-bond donors (Lipinski definition) is 2. The van der Waals surface area contributed by atoms with Crippen LogP contribution in [0.4, 0.5) is 0 Å². The molecule has 0 bridgehead atoms. The van der Waals surface area contributed by atoms with E-state index in [-0.39, 0.29) is 35.6 Å². The number of aliphatic carboxylic acids is 1. The second kappa shape index (κ2) is 37.4. The van der Waals surface area contributed by atoms with E-state index in [1.54, 1.807) is 26.2 Å². The van der Waals surface area contributed by atoms with Crippen LogP contribution < -0.4 is 0 Å².